The predicted octanol–water partition coefficient (Wildman–Crippen LogP) is 4.23. The largest absolute Gasteiger partial charge is 0.367 e. The van der Waals surface area contributed by atoms with E-state index in [2.05, 4.69) is 10.3 Å². The Morgan fingerprint density at radius 2 is 1.95 bits per heavy atom. The highest BCUT2D eigenvalue weighted by Gasteiger charge is 2.30. The van der Waals surface area contributed by atoms with Crippen molar-refractivity contribution in [1.82, 2.24) is 4.98 Å². The molecule has 1 aromatic carbocycles. The molecule has 4 heteroatoms. The van der Waals surface area contributed by atoms with Gasteiger partial charge in [-0.05, 0) is 48.6 Å². The molecule has 1 saturated carbocycles. The first-order valence-electron chi connectivity index (χ1n) is 6.35. The molecule has 0 unspecified atom stereocenters. The first-order valence-corrected chi connectivity index (χ1v) is 6.73. The molecule has 0 radical (unpaired) electrons. The van der Waals surface area contributed by atoms with Crippen LogP contribution >= 0.6 is 11.6 Å². The van der Waals surface area contributed by atoms with E-state index in [4.69, 9.17) is 11.6 Å². The quantitative estimate of drug-likeness (QED) is 0.849. The van der Waals surface area contributed by atoms with Crippen molar-refractivity contribution in [2.75, 3.05) is 5.32 Å². The highest BCUT2D eigenvalue weighted by molar-refractivity contribution is 6.29. The molecular formula is C15H14ClFN2. The maximum Gasteiger partial charge on any atom is 0.131 e. The van der Waals surface area contributed by atoms with Crippen molar-refractivity contribution in [1.29, 1.82) is 0 Å². The minimum Gasteiger partial charge on any atom is -0.367 e. The van der Waals surface area contributed by atoms with Crippen LogP contribution in [0.15, 0.2) is 42.5 Å². The van der Waals surface area contributed by atoms with Gasteiger partial charge in [0.15, 0.2) is 0 Å². The number of halogens is 2. The third-order valence-corrected chi connectivity index (χ3v) is 3.74. The van der Waals surface area contributed by atoms with Crippen LogP contribution in [0.2, 0.25) is 5.15 Å². The summed E-state index contributed by atoms with van der Waals surface area (Å²) in [5.74, 6) is 1.08. The normalized spacial score (nSPS) is 21.8. The Hall–Kier alpha value is -1.61. The van der Waals surface area contributed by atoms with E-state index in [1.807, 2.05) is 18.2 Å². The zero-order chi connectivity index (χ0) is 13.2. The van der Waals surface area contributed by atoms with Crippen LogP contribution in [0, 0.1) is 5.82 Å². The lowest BCUT2D eigenvalue weighted by atomic mass is 9.76. The molecule has 0 atom stereocenters. The van der Waals surface area contributed by atoms with Gasteiger partial charge in [-0.25, -0.2) is 9.37 Å². The zero-order valence-electron chi connectivity index (χ0n) is 10.3. The highest BCUT2D eigenvalue weighted by Crippen LogP contribution is 2.38. The van der Waals surface area contributed by atoms with Gasteiger partial charge in [0.25, 0.3) is 0 Å². The van der Waals surface area contributed by atoms with Gasteiger partial charge in [-0.1, -0.05) is 29.8 Å². The second-order valence-electron chi connectivity index (χ2n) is 4.91. The van der Waals surface area contributed by atoms with Crippen molar-refractivity contribution in [2.24, 2.45) is 0 Å². The van der Waals surface area contributed by atoms with Crippen LogP contribution in [0.4, 0.5) is 10.2 Å². The van der Waals surface area contributed by atoms with Crippen LogP contribution in [-0.2, 0) is 0 Å². The number of benzene rings is 1. The zero-order valence-corrected chi connectivity index (χ0v) is 11.1. The first-order chi connectivity index (χ1) is 9.20. The summed E-state index contributed by atoms with van der Waals surface area (Å²) >= 11 is 5.84. The van der Waals surface area contributed by atoms with Crippen molar-refractivity contribution in [3.63, 3.8) is 0 Å². The van der Waals surface area contributed by atoms with Gasteiger partial charge in [0.05, 0.1) is 0 Å². The molecule has 1 aromatic heterocycles. The van der Waals surface area contributed by atoms with Crippen LogP contribution in [-0.4, -0.2) is 11.0 Å². The third-order valence-electron chi connectivity index (χ3n) is 3.53. The maximum atomic E-state index is 13.1. The van der Waals surface area contributed by atoms with Gasteiger partial charge in [0.1, 0.15) is 16.8 Å². The van der Waals surface area contributed by atoms with E-state index in [-0.39, 0.29) is 5.82 Å². The lowest BCUT2D eigenvalue weighted by Crippen LogP contribution is -2.34. The van der Waals surface area contributed by atoms with E-state index in [9.17, 15) is 4.39 Å². The number of hydrogen-bond acceptors (Lipinski definition) is 2. The fraction of sp³-hybridized carbons (Fsp3) is 0.267. The number of anilines is 1. The molecular weight excluding hydrogens is 263 g/mol. The number of nitrogens with one attached hydrogen (secondary N) is 1. The minimum absolute atomic E-state index is 0.162. The van der Waals surface area contributed by atoms with Gasteiger partial charge >= 0.3 is 0 Å². The van der Waals surface area contributed by atoms with Crippen molar-refractivity contribution < 1.29 is 4.39 Å². The van der Waals surface area contributed by atoms with Gasteiger partial charge in [-0.2, -0.15) is 0 Å². The number of hydrogen-bond donors (Lipinski definition) is 1. The molecule has 1 aliphatic carbocycles. The van der Waals surface area contributed by atoms with Crippen molar-refractivity contribution in [3.8, 4) is 0 Å². The fourth-order valence-electron chi connectivity index (χ4n) is 2.47. The second kappa shape index (κ2) is 5.17. The molecule has 19 heavy (non-hydrogen) atoms. The first kappa shape index (κ1) is 12.4. The number of aromatic nitrogens is 1. The van der Waals surface area contributed by atoms with E-state index in [1.54, 1.807) is 18.2 Å². The lowest BCUT2D eigenvalue weighted by Gasteiger charge is -2.36. The number of rotatable bonds is 3. The Balaban J connectivity index is 1.58. The van der Waals surface area contributed by atoms with Gasteiger partial charge in [0, 0.05) is 6.04 Å². The van der Waals surface area contributed by atoms with Gasteiger partial charge < -0.3 is 5.32 Å². The maximum absolute atomic E-state index is 13.1. The molecule has 1 fully saturated rings. The molecule has 0 saturated heterocycles. The second-order valence-corrected chi connectivity index (χ2v) is 5.30. The van der Waals surface area contributed by atoms with E-state index in [0.29, 0.717) is 17.1 Å². The third kappa shape index (κ3) is 2.87. The molecule has 0 spiro atoms. The van der Waals surface area contributed by atoms with Crippen LogP contribution < -0.4 is 5.32 Å². The molecule has 98 valence electrons. The average Bonchev–Trinajstić information content (AvgIpc) is 2.33. The molecule has 3 rings (SSSR count). The standard InChI is InChI=1S/C15H14ClFN2/c16-14-5-2-6-15(19-14)18-13-8-11(9-13)10-3-1-4-12(17)7-10/h1-7,11,13H,8-9H2,(H,18,19). The van der Waals surface area contributed by atoms with Crippen molar-refractivity contribution >= 4 is 17.4 Å². The fourth-order valence-corrected chi connectivity index (χ4v) is 2.63. The Morgan fingerprint density at radius 1 is 1.16 bits per heavy atom. The Labute approximate surface area is 116 Å². The molecule has 1 heterocycles. The Bertz CT molecular complexity index is 582. The van der Waals surface area contributed by atoms with Crippen molar-refractivity contribution in [2.45, 2.75) is 24.8 Å². The minimum atomic E-state index is -0.162. The molecule has 0 aliphatic heterocycles. The van der Waals surface area contributed by atoms with Gasteiger partial charge in [0.2, 0.25) is 0 Å². The number of nitrogens with zero attached hydrogens (tertiary/aromatic N) is 1. The molecule has 2 nitrogen and oxygen atoms in total. The van der Waals surface area contributed by atoms with Crippen LogP contribution in [0.5, 0.6) is 0 Å². The van der Waals surface area contributed by atoms with E-state index in [0.717, 1.165) is 24.2 Å². The average molecular weight is 277 g/mol. The monoisotopic (exact) mass is 276 g/mol. The van der Waals surface area contributed by atoms with Crippen LogP contribution in [0.1, 0.15) is 24.3 Å². The Morgan fingerprint density at radius 3 is 2.68 bits per heavy atom. The summed E-state index contributed by atoms with van der Waals surface area (Å²) in [6.07, 6.45) is 2.00. The summed E-state index contributed by atoms with van der Waals surface area (Å²) in [5.41, 5.74) is 1.08. The van der Waals surface area contributed by atoms with Gasteiger partial charge in [-0.3, -0.25) is 0 Å². The predicted molar refractivity (Wildman–Crippen MR) is 75.0 cm³/mol. The SMILES string of the molecule is Fc1cccc(C2CC(Nc3cccc(Cl)n3)C2)c1. The summed E-state index contributed by atoms with van der Waals surface area (Å²) in [6, 6.07) is 12.8. The van der Waals surface area contributed by atoms with Crippen molar-refractivity contribution in [3.05, 3.63) is 59.0 Å². The summed E-state index contributed by atoms with van der Waals surface area (Å²) in [7, 11) is 0. The molecule has 2 aromatic rings. The number of pyridine rings is 1. The van der Waals surface area contributed by atoms with Gasteiger partial charge in [-0.15, -0.1) is 0 Å². The van der Waals surface area contributed by atoms with E-state index in [1.165, 1.54) is 6.07 Å². The molecule has 1 N–H and O–H groups in total. The molecule has 0 amide bonds. The topological polar surface area (TPSA) is 24.9 Å². The highest BCUT2D eigenvalue weighted by atomic mass is 35.5. The van der Waals surface area contributed by atoms with Crippen LogP contribution in [0.3, 0.4) is 0 Å². The van der Waals surface area contributed by atoms with E-state index >= 15 is 0 Å². The summed E-state index contributed by atoms with van der Waals surface area (Å²) in [4.78, 5) is 4.20. The van der Waals surface area contributed by atoms with E-state index < -0.39 is 0 Å². The summed E-state index contributed by atoms with van der Waals surface area (Å²) < 4.78 is 13.1. The smallest absolute Gasteiger partial charge is 0.131 e. The molecule has 1 aliphatic rings. The lowest BCUT2D eigenvalue weighted by molar-refractivity contribution is 0.372. The summed E-state index contributed by atoms with van der Waals surface area (Å²) in [5, 5.41) is 3.84. The summed E-state index contributed by atoms with van der Waals surface area (Å²) in [6.45, 7) is 0. The molecule has 0 bridgehead atoms. The van der Waals surface area contributed by atoms with Crippen LogP contribution in [0.25, 0.3) is 0 Å². The Kier molecular flexibility index (Phi) is 3.38.